The van der Waals surface area contributed by atoms with E-state index in [9.17, 15) is 14.9 Å². The summed E-state index contributed by atoms with van der Waals surface area (Å²) in [6.07, 6.45) is 0. The first-order valence-electron chi connectivity index (χ1n) is 6.29. The van der Waals surface area contributed by atoms with Gasteiger partial charge >= 0.3 is 0 Å². The highest BCUT2D eigenvalue weighted by molar-refractivity contribution is 6.06. The summed E-state index contributed by atoms with van der Waals surface area (Å²) in [6.45, 7) is 1.89. The number of hydrogen-bond acceptors (Lipinski definition) is 4. The van der Waals surface area contributed by atoms with Crippen molar-refractivity contribution in [1.29, 1.82) is 0 Å². The van der Waals surface area contributed by atoms with Crippen LogP contribution in [0.1, 0.15) is 15.9 Å². The number of amides is 1. The SMILES string of the molecule is Cc1ccccc1N(C)C(=O)c1ccc(N)c([N+](=O)[O-])c1. The third-order valence-electron chi connectivity index (χ3n) is 3.26. The number of nitrogen functional groups attached to an aromatic ring is 1. The molecule has 0 radical (unpaired) electrons. The number of nitro benzene ring substituents is 1. The molecule has 6 heteroatoms. The van der Waals surface area contributed by atoms with Crippen LogP contribution < -0.4 is 10.6 Å². The summed E-state index contributed by atoms with van der Waals surface area (Å²) < 4.78 is 0. The highest BCUT2D eigenvalue weighted by Crippen LogP contribution is 2.25. The molecule has 0 atom stereocenters. The largest absolute Gasteiger partial charge is 0.393 e. The fraction of sp³-hybridized carbons (Fsp3) is 0.133. The Balaban J connectivity index is 2.39. The van der Waals surface area contributed by atoms with Gasteiger partial charge in [0.15, 0.2) is 0 Å². The normalized spacial score (nSPS) is 10.2. The van der Waals surface area contributed by atoms with Crippen molar-refractivity contribution >= 4 is 23.0 Å². The van der Waals surface area contributed by atoms with Crippen molar-refractivity contribution < 1.29 is 9.72 Å². The number of nitro groups is 1. The van der Waals surface area contributed by atoms with Gasteiger partial charge in [-0.3, -0.25) is 14.9 Å². The van der Waals surface area contributed by atoms with Crippen molar-refractivity contribution in [2.75, 3.05) is 17.7 Å². The van der Waals surface area contributed by atoms with E-state index in [1.54, 1.807) is 7.05 Å². The van der Waals surface area contributed by atoms with Gasteiger partial charge in [-0.2, -0.15) is 0 Å². The predicted molar refractivity (Wildman–Crippen MR) is 81.4 cm³/mol. The lowest BCUT2D eigenvalue weighted by molar-refractivity contribution is -0.383. The first-order valence-corrected chi connectivity index (χ1v) is 6.29. The van der Waals surface area contributed by atoms with Crippen molar-refractivity contribution in [2.45, 2.75) is 6.92 Å². The molecule has 108 valence electrons. The van der Waals surface area contributed by atoms with E-state index in [2.05, 4.69) is 0 Å². The number of hydrogen-bond donors (Lipinski definition) is 1. The number of nitrogens with two attached hydrogens (primary N) is 1. The molecule has 2 aromatic rings. The maximum absolute atomic E-state index is 12.4. The number of anilines is 2. The minimum Gasteiger partial charge on any atom is -0.393 e. The van der Waals surface area contributed by atoms with Gasteiger partial charge in [-0.15, -0.1) is 0 Å². The monoisotopic (exact) mass is 285 g/mol. The summed E-state index contributed by atoms with van der Waals surface area (Å²) in [4.78, 5) is 24.2. The molecule has 0 spiro atoms. The zero-order valence-electron chi connectivity index (χ0n) is 11.7. The second kappa shape index (κ2) is 5.62. The Kier molecular flexibility index (Phi) is 3.89. The fourth-order valence-electron chi connectivity index (χ4n) is 2.08. The number of benzene rings is 2. The standard InChI is InChI=1S/C15H15N3O3/c1-10-5-3-4-6-13(10)17(2)15(19)11-7-8-12(16)14(9-11)18(20)21/h3-9H,16H2,1-2H3. The first kappa shape index (κ1) is 14.5. The highest BCUT2D eigenvalue weighted by atomic mass is 16.6. The predicted octanol–water partition coefficient (Wildman–Crippen LogP) is 2.76. The Labute approximate surface area is 121 Å². The Bertz CT molecular complexity index is 713. The smallest absolute Gasteiger partial charge is 0.292 e. The van der Waals surface area contributed by atoms with Crippen LogP contribution in [0, 0.1) is 17.0 Å². The molecule has 0 saturated heterocycles. The van der Waals surface area contributed by atoms with E-state index < -0.39 is 4.92 Å². The molecule has 0 aliphatic rings. The lowest BCUT2D eigenvalue weighted by Gasteiger charge is -2.19. The zero-order valence-corrected chi connectivity index (χ0v) is 11.7. The molecular weight excluding hydrogens is 270 g/mol. The van der Waals surface area contributed by atoms with Gasteiger partial charge in [0.1, 0.15) is 5.69 Å². The Morgan fingerprint density at radius 2 is 1.90 bits per heavy atom. The van der Waals surface area contributed by atoms with Gasteiger partial charge < -0.3 is 10.6 Å². The summed E-state index contributed by atoms with van der Waals surface area (Å²) >= 11 is 0. The number of nitrogens with zero attached hydrogens (tertiary/aromatic N) is 2. The maximum atomic E-state index is 12.4. The highest BCUT2D eigenvalue weighted by Gasteiger charge is 2.19. The molecule has 2 N–H and O–H groups in total. The molecule has 21 heavy (non-hydrogen) atoms. The molecule has 0 fully saturated rings. The molecule has 0 saturated carbocycles. The maximum Gasteiger partial charge on any atom is 0.292 e. The molecule has 2 aromatic carbocycles. The fourth-order valence-corrected chi connectivity index (χ4v) is 2.08. The van der Waals surface area contributed by atoms with Gasteiger partial charge in [0.05, 0.1) is 4.92 Å². The third kappa shape index (κ3) is 2.84. The Morgan fingerprint density at radius 3 is 2.52 bits per heavy atom. The first-order chi connectivity index (χ1) is 9.91. The summed E-state index contributed by atoms with van der Waals surface area (Å²) in [6, 6.07) is 11.5. The molecule has 1 amide bonds. The van der Waals surface area contributed by atoms with Gasteiger partial charge in [0, 0.05) is 24.4 Å². The molecule has 0 bridgehead atoms. The average molecular weight is 285 g/mol. The molecular formula is C15H15N3O3. The van der Waals surface area contributed by atoms with Gasteiger partial charge in [0.2, 0.25) is 0 Å². The molecule has 2 rings (SSSR count). The Morgan fingerprint density at radius 1 is 1.24 bits per heavy atom. The minimum absolute atomic E-state index is 0.0371. The minimum atomic E-state index is -0.597. The van der Waals surface area contributed by atoms with E-state index in [4.69, 9.17) is 5.73 Å². The lowest BCUT2D eigenvalue weighted by atomic mass is 10.1. The summed E-state index contributed by atoms with van der Waals surface area (Å²) in [5.74, 6) is -0.326. The van der Waals surface area contributed by atoms with Crippen LogP contribution >= 0.6 is 0 Å². The summed E-state index contributed by atoms with van der Waals surface area (Å²) in [5, 5.41) is 10.9. The molecule has 6 nitrogen and oxygen atoms in total. The van der Waals surface area contributed by atoms with Crippen LogP contribution in [0.15, 0.2) is 42.5 Å². The van der Waals surface area contributed by atoms with E-state index in [1.807, 2.05) is 31.2 Å². The molecule has 0 aliphatic carbocycles. The Hall–Kier alpha value is -2.89. The van der Waals surface area contributed by atoms with Crippen LogP contribution in [0.25, 0.3) is 0 Å². The van der Waals surface area contributed by atoms with Gasteiger partial charge in [-0.1, -0.05) is 18.2 Å². The van der Waals surface area contributed by atoms with Crippen molar-refractivity contribution in [1.82, 2.24) is 0 Å². The van der Waals surface area contributed by atoms with Gasteiger partial charge in [-0.05, 0) is 30.7 Å². The number of rotatable bonds is 3. The molecule has 0 heterocycles. The van der Waals surface area contributed by atoms with Crippen molar-refractivity contribution in [2.24, 2.45) is 0 Å². The second-order valence-electron chi connectivity index (χ2n) is 4.68. The van der Waals surface area contributed by atoms with Crippen LogP contribution in [-0.2, 0) is 0 Å². The molecule has 0 unspecified atom stereocenters. The second-order valence-corrected chi connectivity index (χ2v) is 4.68. The van der Waals surface area contributed by atoms with Crippen LogP contribution in [0.5, 0.6) is 0 Å². The van der Waals surface area contributed by atoms with Crippen LogP contribution in [0.2, 0.25) is 0 Å². The van der Waals surface area contributed by atoms with E-state index in [0.717, 1.165) is 11.3 Å². The van der Waals surface area contributed by atoms with E-state index >= 15 is 0 Å². The van der Waals surface area contributed by atoms with Gasteiger partial charge in [-0.25, -0.2) is 0 Å². The van der Waals surface area contributed by atoms with Gasteiger partial charge in [0.25, 0.3) is 11.6 Å². The van der Waals surface area contributed by atoms with E-state index in [-0.39, 0.29) is 22.8 Å². The molecule has 0 aliphatic heterocycles. The number of para-hydroxylation sites is 1. The van der Waals surface area contributed by atoms with Crippen molar-refractivity contribution in [3.63, 3.8) is 0 Å². The van der Waals surface area contributed by atoms with Crippen LogP contribution in [-0.4, -0.2) is 17.9 Å². The summed E-state index contributed by atoms with van der Waals surface area (Å²) in [5.41, 5.74) is 7.23. The number of carbonyl (C=O) groups excluding carboxylic acids is 1. The topological polar surface area (TPSA) is 89.5 Å². The number of aryl methyl sites for hydroxylation is 1. The number of carbonyl (C=O) groups is 1. The molecule has 0 aromatic heterocycles. The summed E-state index contributed by atoms with van der Waals surface area (Å²) in [7, 11) is 1.63. The van der Waals surface area contributed by atoms with E-state index in [0.29, 0.717) is 0 Å². The zero-order chi connectivity index (χ0) is 15.6. The average Bonchev–Trinajstić information content (AvgIpc) is 2.46. The van der Waals surface area contributed by atoms with Crippen LogP contribution in [0.4, 0.5) is 17.1 Å². The quantitative estimate of drug-likeness (QED) is 0.533. The van der Waals surface area contributed by atoms with Crippen molar-refractivity contribution in [3.8, 4) is 0 Å². The van der Waals surface area contributed by atoms with E-state index in [1.165, 1.54) is 23.1 Å². The lowest BCUT2D eigenvalue weighted by Crippen LogP contribution is -2.27. The third-order valence-corrected chi connectivity index (χ3v) is 3.26. The van der Waals surface area contributed by atoms with Crippen molar-refractivity contribution in [3.05, 3.63) is 63.7 Å². The van der Waals surface area contributed by atoms with Crippen LogP contribution in [0.3, 0.4) is 0 Å².